The highest BCUT2D eigenvalue weighted by Gasteiger charge is 2.34. The molecule has 0 radical (unpaired) electrons. The fourth-order valence-corrected chi connectivity index (χ4v) is 2.68. The molecule has 0 saturated heterocycles. The number of aliphatic carboxylic acids is 1. The second kappa shape index (κ2) is 5.19. The molecular formula is C18H19N3O2. The Balaban J connectivity index is 2.42. The molecule has 5 nitrogen and oxygen atoms in total. The smallest absolute Gasteiger partial charge is 0.329 e. The van der Waals surface area contributed by atoms with Gasteiger partial charge in [0, 0.05) is 18.0 Å². The van der Waals surface area contributed by atoms with E-state index in [9.17, 15) is 9.90 Å². The van der Waals surface area contributed by atoms with Crippen LogP contribution in [0.15, 0.2) is 36.7 Å². The van der Waals surface area contributed by atoms with E-state index >= 15 is 0 Å². The van der Waals surface area contributed by atoms with Crippen molar-refractivity contribution in [2.75, 3.05) is 0 Å². The number of aryl methyl sites for hydroxylation is 2. The minimum absolute atomic E-state index is 0.616. The van der Waals surface area contributed by atoms with Crippen molar-refractivity contribution in [3.8, 4) is 11.4 Å². The highest BCUT2D eigenvalue weighted by molar-refractivity contribution is 5.86. The zero-order valence-electron chi connectivity index (χ0n) is 13.7. The molecule has 0 aliphatic heterocycles. The maximum Gasteiger partial charge on any atom is 0.329 e. The van der Waals surface area contributed by atoms with Gasteiger partial charge in [0.25, 0.3) is 0 Å². The Labute approximate surface area is 134 Å². The maximum atomic E-state index is 11.8. The molecule has 2 aromatic heterocycles. The number of rotatable bonds is 3. The summed E-state index contributed by atoms with van der Waals surface area (Å²) in [6.45, 7) is 7.42. The van der Waals surface area contributed by atoms with Gasteiger partial charge in [0.15, 0.2) is 0 Å². The number of benzene rings is 1. The quantitative estimate of drug-likeness (QED) is 0.803. The Bertz CT molecular complexity index is 896. The van der Waals surface area contributed by atoms with Crippen LogP contribution >= 0.6 is 0 Å². The van der Waals surface area contributed by atoms with Crippen molar-refractivity contribution >= 4 is 17.0 Å². The summed E-state index contributed by atoms with van der Waals surface area (Å²) in [6.07, 6.45) is 3.39. The van der Waals surface area contributed by atoms with E-state index in [-0.39, 0.29) is 0 Å². The lowest BCUT2D eigenvalue weighted by atomic mass is 10.0. The standard InChI is InChI=1S/C18H19N3O2/c1-11-8-14-15(9-12(11)2)21(18(3,4)17(22)23)16(20-14)13-6-5-7-19-10-13/h5-10H,1-4H3,(H,22,23). The summed E-state index contributed by atoms with van der Waals surface area (Å²) >= 11 is 0. The van der Waals surface area contributed by atoms with Crippen LogP contribution in [0.2, 0.25) is 0 Å². The minimum Gasteiger partial charge on any atom is -0.480 e. The van der Waals surface area contributed by atoms with Crippen molar-refractivity contribution in [2.24, 2.45) is 0 Å². The van der Waals surface area contributed by atoms with Crippen LogP contribution in [0.25, 0.3) is 22.4 Å². The number of carbonyl (C=O) groups is 1. The van der Waals surface area contributed by atoms with Gasteiger partial charge in [0.2, 0.25) is 0 Å². The summed E-state index contributed by atoms with van der Waals surface area (Å²) < 4.78 is 1.79. The Kier molecular flexibility index (Phi) is 3.43. The van der Waals surface area contributed by atoms with Crippen molar-refractivity contribution in [3.05, 3.63) is 47.8 Å². The first-order valence-electron chi connectivity index (χ1n) is 7.46. The number of hydrogen-bond acceptors (Lipinski definition) is 3. The van der Waals surface area contributed by atoms with Gasteiger partial charge in [-0.1, -0.05) is 0 Å². The molecule has 1 N–H and O–H groups in total. The fraction of sp³-hybridized carbons (Fsp3) is 0.278. The summed E-state index contributed by atoms with van der Waals surface area (Å²) in [5.41, 5.74) is 3.53. The van der Waals surface area contributed by atoms with Crippen molar-refractivity contribution in [1.29, 1.82) is 0 Å². The molecule has 2 heterocycles. The monoisotopic (exact) mass is 309 g/mol. The molecule has 0 unspecified atom stereocenters. The van der Waals surface area contributed by atoms with Crippen molar-refractivity contribution in [3.63, 3.8) is 0 Å². The second-order valence-electron chi connectivity index (χ2n) is 6.30. The molecule has 23 heavy (non-hydrogen) atoms. The van der Waals surface area contributed by atoms with Crippen LogP contribution in [-0.2, 0) is 10.3 Å². The second-order valence-corrected chi connectivity index (χ2v) is 6.30. The van der Waals surface area contributed by atoms with Crippen molar-refractivity contribution in [1.82, 2.24) is 14.5 Å². The summed E-state index contributed by atoms with van der Waals surface area (Å²) in [7, 11) is 0. The molecule has 0 spiro atoms. The van der Waals surface area contributed by atoms with E-state index in [1.165, 1.54) is 0 Å². The predicted octanol–water partition coefficient (Wildman–Crippen LogP) is 3.53. The van der Waals surface area contributed by atoms with Crippen LogP contribution in [0.1, 0.15) is 25.0 Å². The van der Waals surface area contributed by atoms with Crippen LogP contribution < -0.4 is 0 Å². The van der Waals surface area contributed by atoms with Gasteiger partial charge >= 0.3 is 5.97 Å². The van der Waals surface area contributed by atoms with E-state index in [4.69, 9.17) is 4.98 Å². The summed E-state index contributed by atoms with van der Waals surface area (Å²) in [6, 6.07) is 7.72. The van der Waals surface area contributed by atoms with Gasteiger partial charge in [-0.05, 0) is 63.1 Å². The van der Waals surface area contributed by atoms with E-state index in [1.54, 1.807) is 30.8 Å². The van der Waals surface area contributed by atoms with Crippen molar-refractivity contribution in [2.45, 2.75) is 33.2 Å². The number of fused-ring (bicyclic) bond motifs is 1. The molecule has 118 valence electrons. The first kappa shape index (κ1) is 15.2. The van der Waals surface area contributed by atoms with Gasteiger partial charge in [-0.2, -0.15) is 0 Å². The molecule has 3 rings (SSSR count). The number of hydrogen-bond donors (Lipinski definition) is 1. The van der Waals surface area contributed by atoms with E-state index < -0.39 is 11.5 Å². The molecule has 0 saturated carbocycles. The average molecular weight is 309 g/mol. The minimum atomic E-state index is -1.12. The van der Waals surface area contributed by atoms with Crippen LogP contribution in [-0.4, -0.2) is 25.6 Å². The van der Waals surface area contributed by atoms with Crippen LogP contribution in [0.3, 0.4) is 0 Å². The third-order valence-electron chi connectivity index (χ3n) is 4.27. The number of imidazole rings is 1. The van der Waals surface area contributed by atoms with Gasteiger partial charge in [0.1, 0.15) is 11.4 Å². The highest BCUT2D eigenvalue weighted by atomic mass is 16.4. The zero-order valence-corrected chi connectivity index (χ0v) is 13.7. The summed E-state index contributed by atoms with van der Waals surface area (Å²) in [4.78, 5) is 20.7. The lowest BCUT2D eigenvalue weighted by Crippen LogP contribution is -2.36. The molecule has 1 aromatic carbocycles. The highest BCUT2D eigenvalue weighted by Crippen LogP contribution is 2.32. The van der Waals surface area contributed by atoms with Crippen molar-refractivity contribution < 1.29 is 9.90 Å². The normalized spacial score (nSPS) is 11.8. The summed E-state index contributed by atoms with van der Waals surface area (Å²) in [5.74, 6) is -0.286. The molecule has 0 bridgehead atoms. The Morgan fingerprint density at radius 1 is 1.22 bits per heavy atom. The molecule has 5 heteroatoms. The largest absolute Gasteiger partial charge is 0.480 e. The number of carboxylic acids is 1. The molecule has 0 fully saturated rings. The van der Waals surface area contributed by atoms with E-state index in [1.807, 2.05) is 38.1 Å². The number of carboxylic acid groups (broad SMARTS) is 1. The van der Waals surface area contributed by atoms with Crippen LogP contribution in [0.5, 0.6) is 0 Å². The third kappa shape index (κ3) is 2.38. The third-order valence-corrected chi connectivity index (χ3v) is 4.27. The zero-order chi connectivity index (χ0) is 16.8. The average Bonchev–Trinajstić information content (AvgIpc) is 2.87. The molecule has 0 atom stereocenters. The van der Waals surface area contributed by atoms with Gasteiger partial charge < -0.3 is 9.67 Å². The number of aromatic nitrogens is 3. The first-order chi connectivity index (χ1) is 10.8. The van der Waals surface area contributed by atoms with E-state index in [0.29, 0.717) is 5.82 Å². The van der Waals surface area contributed by atoms with E-state index in [2.05, 4.69) is 4.98 Å². The molecular weight excluding hydrogens is 290 g/mol. The SMILES string of the molecule is Cc1cc2nc(-c3cccnc3)n(C(C)(C)C(=O)O)c2cc1C. The van der Waals surface area contributed by atoms with Crippen LogP contribution in [0, 0.1) is 13.8 Å². The molecule has 0 amide bonds. The fourth-order valence-electron chi connectivity index (χ4n) is 2.68. The molecule has 3 aromatic rings. The Morgan fingerprint density at radius 2 is 1.91 bits per heavy atom. The van der Waals surface area contributed by atoms with Crippen LogP contribution in [0.4, 0.5) is 0 Å². The number of pyridine rings is 1. The lowest BCUT2D eigenvalue weighted by molar-refractivity contribution is -0.145. The maximum absolute atomic E-state index is 11.8. The lowest BCUT2D eigenvalue weighted by Gasteiger charge is -2.25. The van der Waals surface area contributed by atoms with Gasteiger partial charge in [-0.25, -0.2) is 9.78 Å². The van der Waals surface area contributed by atoms with Gasteiger partial charge in [0.05, 0.1) is 11.0 Å². The Hall–Kier alpha value is -2.69. The van der Waals surface area contributed by atoms with Gasteiger partial charge in [-0.3, -0.25) is 4.98 Å². The van der Waals surface area contributed by atoms with E-state index in [0.717, 1.165) is 27.7 Å². The first-order valence-corrected chi connectivity index (χ1v) is 7.46. The van der Waals surface area contributed by atoms with Gasteiger partial charge in [-0.15, -0.1) is 0 Å². The molecule has 0 aliphatic rings. The molecule has 0 aliphatic carbocycles. The number of nitrogens with zero attached hydrogens (tertiary/aromatic N) is 3. The topological polar surface area (TPSA) is 68.0 Å². The predicted molar refractivity (Wildman–Crippen MR) is 89.4 cm³/mol. The summed E-state index contributed by atoms with van der Waals surface area (Å²) in [5, 5.41) is 9.70. The Morgan fingerprint density at radius 3 is 2.52 bits per heavy atom.